The predicted octanol–water partition coefficient (Wildman–Crippen LogP) is 1.39. The van der Waals surface area contributed by atoms with E-state index in [1.54, 1.807) is 6.20 Å². The molecule has 0 saturated carbocycles. The van der Waals surface area contributed by atoms with Crippen LogP contribution in [0.2, 0.25) is 0 Å². The van der Waals surface area contributed by atoms with Crippen LogP contribution in [0.5, 0.6) is 0 Å². The summed E-state index contributed by atoms with van der Waals surface area (Å²) in [6.45, 7) is 3.82. The minimum atomic E-state index is 0. The second kappa shape index (κ2) is 9.90. The molecular formula is C12H17IN4. The zero-order valence-corrected chi connectivity index (χ0v) is 12.1. The Balaban J connectivity index is 0.00000256. The van der Waals surface area contributed by atoms with E-state index in [-0.39, 0.29) is 24.0 Å². The van der Waals surface area contributed by atoms with Crippen LogP contribution < -0.4 is 10.6 Å². The normalized spacial score (nSPS) is 10.0. The first-order valence-corrected chi connectivity index (χ1v) is 5.22. The summed E-state index contributed by atoms with van der Waals surface area (Å²) >= 11 is 0. The van der Waals surface area contributed by atoms with Crippen LogP contribution in [0.15, 0.2) is 29.4 Å². The van der Waals surface area contributed by atoms with Gasteiger partial charge in [-0.3, -0.25) is 4.98 Å². The van der Waals surface area contributed by atoms with Crippen molar-refractivity contribution < 1.29 is 0 Å². The molecule has 2 N–H and O–H groups in total. The molecule has 0 spiro atoms. The van der Waals surface area contributed by atoms with Gasteiger partial charge in [0.05, 0.1) is 18.8 Å². The molecule has 0 aliphatic heterocycles. The highest BCUT2D eigenvalue weighted by Crippen LogP contribution is 1.94. The summed E-state index contributed by atoms with van der Waals surface area (Å²) in [4.78, 5) is 8.55. The fourth-order valence-corrected chi connectivity index (χ4v) is 1.13. The predicted molar refractivity (Wildman–Crippen MR) is 81.3 cm³/mol. The van der Waals surface area contributed by atoms with Crippen LogP contribution in [-0.4, -0.2) is 24.0 Å². The SMILES string of the molecule is C#CCNC(=NCc1ccccn1)NCC.I. The summed E-state index contributed by atoms with van der Waals surface area (Å²) in [5, 5.41) is 6.12. The van der Waals surface area contributed by atoms with E-state index in [4.69, 9.17) is 6.42 Å². The number of hydrogen-bond acceptors (Lipinski definition) is 2. The molecular weight excluding hydrogens is 327 g/mol. The molecule has 1 aromatic heterocycles. The molecule has 0 fully saturated rings. The van der Waals surface area contributed by atoms with E-state index in [1.807, 2.05) is 25.1 Å². The molecule has 0 atom stereocenters. The van der Waals surface area contributed by atoms with Gasteiger partial charge in [0.25, 0.3) is 0 Å². The van der Waals surface area contributed by atoms with Gasteiger partial charge < -0.3 is 10.6 Å². The fraction of sp³-hybridized carbons (Fsp3) is 0.333. The molecule has 0 radical (unpaired) electrons. The number of terminal acetylenes is 1. The quantitative estimate of drug-likeness (QED) is 0.376. The lowest BCUT2D eigenvalue weighted by Crippen LogP contribution is -2.37. The number of rotatable bonds is 4. The van der Waals surface area contributed by atoms with Gasteiger partial charge in [-0.15, -0.1) is 30.4 Å². The number of pyridine rings is 1. The lowest BCUT2D eigenvalue weighted by atomic mass is 10.3. The molecule has 0 aromatic carbocycles. The fourth-order valence-electron chi connectivity index (χ4n) is 1.13. The van der Waals surface area contributed by atoms with Crippen molar-refractivity contribution in [3.05, 3.63) is 30.1 Å². The van der Waals surface area contributed by atoms with Crippen molar-refractivity contribution in [1.29, 1.82) is 0 Å². The Morgan fingerprint density at radius 3 is 2.88 bits per heavy atom. The highest BCUT2D eigenvalue weighted by Gasteiger charge is 1.95. The largest absolute Gasteiger partial charge is 0.357 e. The lowest BCUT2D eigenvalue weighted by Gasteiger charge is -2.08. The van der Waals surface area contributed by atoms with Crippen molar-refractivity contribution in [2.24, 2.45) is 4.99 Å². The Kier molecular flexibility index (Phi) is 9.15. The van der Waals surface area contributed by atoms with Crippen molar-refractivity contribution in [3.8, 4) is 12.3 Å². The van der Waals surface area contributed by atoms with E-state index < -0.39 is 0 Å². The number of nitrogens with one attached hydrogen (secondary N) is 2. The standard InChI is InChI=1S/C12H16N4.HI/c1-3-8-15-12(13-4-2)16-10-11-7-5-6-9-14-11;/h1,5-7,9H,4,8,10H2,2H3,(H2,13,15,16);1H. The van der Waals surface area contributed by atoms with Crippen molar-refractivity contribution in [2.45, 2.75) is 13.5 Å². The number of hydrogen-bond donors (Lipinski definition) is 2. The first-order valence-electron chi connectivity index (χ1n) is 5.22. The third kappa shape index (κ3) is 6.79. The Labute approximate surface area is 119 Å². The lowest BCUT2D eigenvalue weighted by molar-refractivity contribution is 0.857. The van der Waals surface area contributed by atoms with Crippen LogP contribution in [-0.2, 0) is 6.54 Å². The summed E-state index contributed by atoms with van der Waals surface area (Å²) in [7, 11) is 0. The number of aromatic nitrogens is 1. The minimum absolute atomic E-state index is 0. The van der Waals surface area contributed by atoms with Crippen molar-refractivity contribution in [3.63, 3.8) is 0 Å². The highest BCUT2D eigenvalue weighted by molar-refractivity contribution is 14.0. The zero-order chi connectivity index (χ0) is 11.6. The van der Waals surface area contributed by atoms with E-state index in [0.717, 1.165) is 12.2 Å². The molecule has 1 aromatic rings. The zero-order valence-electron chi connectivity index (χ0n) is 9.81. The van der Waals surface area contributed by atoms with Crippen molar-refractivity contribution in [1.82, 2.24) is 15.6 Å². The van der Waals surface area contributed by atoms with Crippen LogP contribution in [0, 0.1) is 12.3 Å². The van der Waals surface area contributed by atoms with Gasteiger partial charge >= 0.3 is 0 Å². The van der Waals surface area contributed by atoms with Gasteiger partial charge in [-0.25, -0.2) is 4.99 Å². The second-order valence-corrected chi connectivity index (χ2v) is 3.07. The average Bonchev–Trinajstić information content (AvgIpc) is 2.34. The Bertz CT molecular complexity index is 370. The van der Waals surface area contributed by atoms with Crippen molar-refractivity contribution >= 4 is 29.9 Å². The van der Waals surface area contributed by atoms with Gasteiger partial charge in [-0.2, -0.15) is 0 Å². The molecule has 0 saturated heterocycles. The van der Waals surface area contributed by atoms with E-state index >= 15 is 0 Å². The number of guanidine groups is 1. The molecule has 0 amide bonds. The maximum Gasteiger partial charge on any atom is 0.192 e. The highest BCUT2D eigenvalue weighted by atomic mass is 127. The van der Waals surface area contributed by atoms with E-state index in [9.17, 15) is 0 Å². The van der Waals surface area contributed by atoms with Gasteiger partial charge in [-0.05, 0) is 19.1 Å². The van der Waals surface area contributed by atoms with Crippen LogP contribution in [0.25, 0.3) is 0 Å². The first-order chi connectivity index (χ1) is 7.86. The van der Waals surface area contributed by atoms with E-state index in [0.29, 0.717) is 19.0 Å². The maximum atomic E-state index is 5.17. The van der Waals surface area contributed by atoms with Gasteiger partial charge in [-0.1, -0.05) is 12.0 Å². The van der Waals surface area contributed by atoms with E-state index in [1.165, 1.54) is 0 Å². The molecule has 92 valence electrons. The Morgan fingerprint density at radius 1 is 1.47 bits per heavy atom. The van der Waals surface area contributed by atoms with Crippen LogP contribution in [0.4, 0.5) is 0 Å². The third-order valence-corrected chi connectivity index (χ3v) is 1.83. The Hall–Kier alpha value is -1.29. The molecule has 1 rings (SSSR count). The molecule has 5 heteroatoms. The number of aliphatic imine (C=N–C) groups is 1. The monoisotopic (exact) mass is 344 g/mol. The average molecular weight is 344 g/mol. The summed E-state index contributed by atoms with van der Waals surface area (Å²) in [6, 6.07) is 5.77. The van der Waals surface area contributed by atoms with Gasteiger partial charge in [0, 0.05) is 12.7 Å². The molecule has 0 bridgehead atoms. The summed E-state index contributed by atoms with van der Waals surface area (Å²) in [5.74, 6) is 3.22. The van der Waals surface area contributed by atoms with Crippen LogP contribution in [0.3, 0.4) is 0 Å². The van der Waals surface area contributed by atoms with E-state index in [2.05, 4.69) is 26.5 Å². The molecule has 17 heavy (non-hydrogen) atoms. The molecule has 0 aliphatic carbocycles. The van der Waals surface area contributed by atoms with Crippen LogP contribution >= 0.6 is 24.0 Å². The maximum absolute atomic E-state index is 5.17. The summed E-state index contributed by atoms with van der Waals surface area (Å²) < 4.78 is 0. The molecule has 1 heterocycles. The molecule has 4 nitrogen and oxygen atoms in total. The summed E-state index contributed by atoms with van der Waals surface area (Å²) in [6.07, 6.45) is 6.93. The van der Waals surface area contributed by atoms with Gasteiger partial charge in [0.1, 0.15) is 0 Å². The second-order valence-electron chi connectivity index (χ2n) is 3.07. The number of halogens is 1. The number of nitrogens with zero attached hydrogens (tertiary/aromatic N) is 2. The van der Waals surface area contributed by atoms with Crippen molar-refractivity contribution in [2.75, 3.05) is 13.1 Å². The smallest absolute Gasteiger partial charge is 0.192 e. The Morgan fingerprint density at radius 2 is 2.29 bits per heavy atom. The minimum Gasteiger partial charge on any atom is -0.357 e. The van der Waals surface area contributed by atoms with Gasteiger partial charge in [0.15, 0.2) is 5.96 Å². The summed E-state index contributed by atoms with van der Waals surface area (Å²) in [5.41, 5.74) is 0.931. The first kappa shape index (κ1) is 15.7. The topological polar surface area (TPSA) is 49.3 Å². The third-order valence-electron chi connectivity index (χ3n) is 1.83. The molecule has 0 aliphatic rings. The van der Waals surface area contributed by atoms with Gasteiger partial charge in [0.2, 0.25) is 0 Å². The van der Waals surface area contributed by atoms with Crippen LogP contribution in [0.1, 0.15) is 12.6 Å². The molecule has 0 unspecified atom stereocenters.